The monoisotopic (exact) mass is 187 g/mol. The molecule has 0 aliphatic carbocycles. The lowest BCUT2D eigenvalue weighted by atomic mass is 10.1. The van der Waals surface area contributed by atoms with Crippen LogP contribution in [0.3, 0.4) is 0 Å². The first-order chi connectivity index (χ1) is 5.99. The third-order valence-electron chi connectivity index (χ3n) is 1.91. The topological polar surface area (TPSA) is 76.1 Å². The van der Waals surface area contributed by atoms with Crippen LogP contribution in [0, 0.1) is 5.92 Å². The van der Waals surface area contributed by atoms with Gasteiger partial charge in [-0.15, -0.1) is 0 Å². The van der Waals surface area contributed by atoms with Gasteiger partial charge in [0.1, 0.15) is 12.6 Å². The number of nitrogens with one attached hydrogen (secondary N) is 1. The van der Waals surface area contributed by atoms with Crippen molar-refractivity contribution < 1.29 is 9.53 Å². The molecule has 0 heterocycles. The van der Waals surface area contributed by atoms with Crippen LogP contribution >= 0.6 is 0 Å². The molecule has 0 fully saturated rings. The summed E-state index contributed by atoms with van der Waals surface area (Å²) >= 11 is 0. The summed E-state index contributed by atoms with van der Waals surface area (Å²) in [5.74, 6) is -0.320. The fourth-order valence-electron chi connectivity index (χ4n) is 0.669. The number of ether oxygens (including phenoxy) is 1. The predicted molar refractivity (Wildman–Crippen MR) is 50.9 cm³/mol. The van der Waals surface area contributed by atoms with Crippen LogP contribution in [0.2, 0.25) is 0 Å². The number of hydrogen-bond acceptors (Lipinski definition) is 3. The van der Waals surface area contributed by atoms with E-state index in [-0.39, 0.29) is 18.6 Å². The molecule has 0 rings (SSSR count). The Bertz CT molecular complexity index is 160. The van der Waals surface area contributed by atoms with Crippen molar-refractivity contribution in [3.05, 3.63) is 0 Å². The lowest BCUT2D eigenvalue weighted by Crippen LogP contribution is -2.38. The normalized spacial score (nSPS) is 15.5. The number of nitrogens with two attached hydrogens (primary N) is 1. The molecule has 0 aliphatic rings. The molecule has 0 saturated carbocycles. The van der Waals surface area contributed by atoms with Gasteiger partial charge in [-0.25, -0.2) is 0 Å². The Hall–Kier alpha value is -0.610. The molecule has 0 spiro atoms. The molecule has 4 nitrogen and oxygen atoms in total. The minimum atomic E-state index is -0.566. The number of rotatable bonds is 5. The Kier molecular flexibility index (Phi) is 5.66. The maximum Gasteiger partial charge on any atom is 0.323 e. The first-order valence-electron chi connectivity index (χ1n) is 4.62. The second-order valence-corrected chi connectivity index (χ2v) is 3.51. The summed E-state index contributed by atoms with van der Waals surface area (Å²) < 4.78 is 4.87. The van der Waals surface area contributed by atoms with Gasteiger partial charge in [-0.1, -0.05) is 20.8 Å². The first-order valence-corrected chi connectivity index (χ1v) is 4.62. The summed E-state index contributed by atoms with van der Waals surface area (Å²) in [6, 6.07) is -0.896. The van der Waals surface area contributed by atoms with Crippen LogP contribution in [-0.4, -0.2) is 24.7 Å². The van der Waals surface area contributed by atoms with Gasteiger partial charge in [-0.05, 0) is 12.3 Å². The molecule has 0 aliphatic heterocycles. The minimum Gasteiger partial charge on any atom is -0.463 e. The molecule has 2 atom stereocenters. The second kappa shape index (κ2) is 5.94. The van der Waals surface area contributed by atoms with Crippen molar-refractivity contribution in [2.45, 2.75) is 39.3 Å². The average molecular weight is 187 g/mol. The molecule has 3 N–H and O–H groups in total. The fraction of sp³-hybridized carbons (Fsp3) is 0.889. The van der Waals surface area contributed by atoms with E-state index in [0.29, 0.717) is 6.42 Å². The summed E-state index contributed by atoms with van der Waals surface area (Å²) in [6.45, 7) is 5.76. The lowest BCUT2D eigenvalue weighted by Gasteiger charge is -2.15. The van der Waals surface area contributed by atoms with Crippen LogP contribution in [0.4, 0.5) is 0 Å². The maximum atomic E-state index is 11.2. The van der Waals surface area contributed by atoms with Gasteiger partial charge in [0.15, 0.2) is 0 Å². The Morgan fingerprint density at radius 1 is 1.54 bits per heavy atom. The zero-order chi connectivity index (χ0) is 10.4. The van der Waals surface area contributed by atoms with E-state index < -0.39 is 12.0 Å². The van der Waals surface area contributed by atoms with E-state index in [4.69, 9.17) is 16.2 Å². The molecular weight excluding hydrogens is 168 g/mol. The lowest BCUT2D eigenvalue weighted by molar-refractivity contribution is -0.146. The molecule has 0 saturated heterocycles. The summed E-state index contributed by atoms with van der Waals surface area (Å²) in [5.41, 5.74) is 12.9. The first kappa shape index (κ1) is 12.4. The minimum absolute atomic E-state index is 0.0818. The molecule has 0 aromatic heterocycles. The van der Waals surface area contributed by atoms with Gasteiger partial charge < -0.3 is 10.5 Å². The molecule has 1 radical (unpaired) electrons. The Balaban J connectivity index is 3.74. The Morgan fingerprint density at radius 3 is 2.46 bits per heavy atom. The highest BCUT2D eigenvalue weighted by atomic mass is 16.5. The fourth-order valence-corrected chi connectivity index (χ4v) is 0.669. The summed E-state index contributed by atoms with van der Waals surface area (Å²) in [6.07, 6.45) is 0.685. The summed E-state index contributed by atoms with van der Waals surface area (Å²) in [7, 11) is 0. The summed E-state index contributed by atoms with van der Waals surface area (Å²) in [4.78, 5) is 11.2. The van der Waals surface area contributed by atoms with Gasteiger partial charge in [0, 0.05) is 0 Å². The Labute approximate surface area is 79.6 Å². The van der Waals surface area contributed by atoms with Crippen LogP contribution < -0.4 is 11.5 Å². The van der Waals surface area contributed by atoms with Crippen molar-refractivity contribution in [2.24, 2.45) is 11.7 Å². The zero-order valence-electron chi connectivity index (χ0n) is 8.54. The summed E-state index contributed by atoms with van der Waals surface area (Å²) in [5, 5.41) is 0. The van der Waals surface area contributed by atoms with E-state index >= 15 is 0 Å². The van der Waals surface area contributed by atoms with Crippen molar-refractivity contribution >= 4 is 5.97 Å². The zero-order valence-corrected chi connectivity index (χ0v) is 8.54. The standard InChI is InChI=1S/C9H19N2O2/c1-4-7(10)5-13-9(12)8(11)6(2)3/h6-8,10H,4-5,11H2,1-3H3/t7-,8+/m1/s1. The third-order valence-corrected chi connectivity index (χ3v) is 1.91. The molecular formula is C9H19N2O2. The smallest absolute Gasteiger partial charge is 0.323 e. The van der Waals surface area contributed by atoms with Crippen molar-refractivity contribution in [2.75, 3.05) is 6.61 Å². The molecule has 0 amide bonds. The highest BCUT2D eigenvalue weighted by molar-refractivity contribution is 5.75. The van der Waals surface area contributed by atoms with E-state index in [0.717, 1.165) is 0 Å². The molecule has 0 aromatic rings. The SMILES string of the molecule is CC[C@@H]([NH])COC(=O)[C@@H](N)C(C)C. The number of carbonyl (C=O) groups excluding carboxylic acids is 1. The van der Waals surface area contributed by atoms with Crippen LogP contribution in [0.5, 0.6) is 0 Å². The highest BCUT2D eigenvalue weighted by Crippen LogP contribution is 2.01. The predicted octanol–water partition coefficient (Wildman–Crippen LogP) is 0.574. The quantitative estimate of drug-likeness (QED) is 0.639. The maximum absolute atomic E-state index is 11.2. The van der Waals surface area contributed by atoms with Gasteiger partial charge in [0.25, 0.3) is 0 Å². The largest absolute Gasteiger partial charge is 0.463 e. The average Bonchev–Trinajstić information content (AvgIpc) is 2.11. The van der Waals surface area contributed by atoms with Crippen LogP contribution in [0.25, 0.3) is 0 Å². The van der Waals surface area contributed by atoms with Crippen molar-refractivity contribution in [3.63, 3.8) is 0 Å². The molecule has 0 aromatic carbocycles. The number of hydrogen-bond donors (Lipinski definition) is 1. The van der Waals surface area contributed by atoms with Crippen molar-refractivity contribution in [1.82, 2.24) is 5.73 Å². The van der Waals surface area contributed by atoms with Gasteiger partial charge in [-0.2, -0.15) is 0 Å². The van der Waals surface area contributed by atoms with E-state index in [2.05, 4.69) is 0 Å². The van der Waals surface area contributed by atoms with Crippen molar-refractivity contribution in [3.8, 4) is 0 Å². The van der Waals surface area contributed by atoms with Gasteiger partial charge in [-0.3, -0.25) is 10.5 Å². The number of esters is 1. The van der Waals surface area contributed by atoms with Crippen LogP contribution in [0.1, 0.15) is 27.2 Å². The molecule has 77 valence electrons. The van der Waals surface area contributed by atoms with Gasteiger partial charge in [0.05, 0.1) is 6.04 Å². The van der Waals surface area contributed by atoms with E-state index in [1.54, 1.807) is 0 Å². The highest BCUT2D eigenvalue weighted by Gasteiger charge is 2.19. The number of carbonyl (C=O) groups is 1. The second-order valence-electron chi connectivity index (χ2n) is 3.51. The van der Waals surface area contributed by atoms with E-state index in [1.807, 2.05) is 20.8 Å². The Morgan fingerprint density at radius 2 is 2.08 bits per heavy atom. The third kappa shape index (κ3) is 4.85. The van der Waals surface area contributed by atoms with Crippen LogP contribution in [-0.2, 0) is 9.53 Å². The van der Waals surface area contributed by atoms with Gasteiger partial charge >= 0.3 is 5.97 Å². The molecule has 0 unspecified atom stereocenters. The van der Waals surface area contributed by atoms with Crippen LogP contribution in [0.15, 0.2) is 0 Å². The molecule has 4 heteroatoms. The molecule has 0 bridgehead atoms. The van der Waals surface area contributed by atoms with Gasteiger partial charge in [0.2, 0.25) is 0 Å². The van der Waals surface area contributed by atoms with E-state index in [9.17, 15) is 4.79 Å². The van der Waals surface area contributed by atoms with Crippen molar-refractivity contribution in [1.29, 1.82) is 0 Å². The molecule has 13 heavy (non-hydrogen) atoms. The van der Waals surface area contributed by atoms with E-state index in [1.165, 1.54) is 0 Å².